The molecule has 1 atom stereocenters. The number of ether oxygens (including phenoxy) is 3. The molecular weight excluding hydrogens is 380 g/mol. The van der Waals surface area contributed by atoms with Gasteiger partial charge in [-0.05, 0) is 51.9 Å². The van der Waals surface area contributed by atoms with Crippen LogP contribution in [0.4, 0.5) is 4.79 Å². The average Bonchev–Trinajstić information content (AvgIpc) is 2.75. The van der Waals surface area contributed by atoms with Gasteiger partial charge in [0.1, 0.15) is 11.5 Å². The molecule has 0 saturated heterocycles. The normalized spacial score (nSPS) is 15.1. The maximum Gasteiger partial charge on any atom is 0.513 e. The molecule has 0 heterocycles. The Morgan fingerprint density at radius 3 is 2.37 bits per heavy atom. The van der Waals surface area contributed by atoms with Crippen molar-refractivity contribution in [1.82, 2.24) is 0 Å². The van der Waals surface area contributed by atoms with Gasteiger partial charge in [-0.3, -0.25) is 0 Å². The molecule has 3 rings (SSSR count). The van der Waals surface area contributed by atoms with E-state index in [1.807, 2.05) is 24.3 Å². The van der Waals surface area contributed by atoms with Gasteiger partial charge in [-0.1, -0.05) is 42.5 Å². The second-order valence-electron chi connectivity index (χ2n) is 7.81. The van der Waals surface area contributed by atoms with Gasteiger partial charge in [-0.25, -0.2) is 9.59 Å². The number of hydrogen-bond acceptors (Lipinski definition) is 5. The van der Waals surface area contributed by atoms with Crippen molar-refractivity contribution in [3.63, 3.8) is 0 Å². The van der Waals surface area contributed by atoms with Gasteiger partial charge < -0.3 is 14.2 Å². The highest BCUT2D eigenvalue weighted by Crippen LogP contribution is 2.46. The predicted molar refractivity (Wildman–Crippen MR) is 117 cm³/mol. The Morgan fingerprint density at radius 2 is 1.77 bits per heavy atom. The second kappa shape index (κ2) is 9.61. The fourth-order valence-corrected chi connectivity index (χ4v) is 4.05. The molecule has 0 aliphatic heterocycles. The summed E-state index contributed by atoms with van der Waals surface area (Å²) in [5.41, 5.74) is 3.15. The molecule has 2 aromatic rings. The summed E-state index contributed by atoms with van der Waals surface area (Å²) in [5.74, 6) is 0.986. The Kier molecular flexibility index (Phi) is 6.93. The minimum absolute atomic E-state index is 0.460. The van der Waals surface area contributed by atoms with Crippen LogP contribution in [-0.4, -0.2) is 19.2 Å². The smallest absolute Gasteiger partial charge is 0.437 e. The molecule has 0 bridgehead atoms. The first-order chi connectivity index (χ1) is 14.4. The van der Waals surface area contributed by atoms with E-state index in [1.165, 1.54) is 12.7 Å². The number of rotatable bonds is 6. The van der Waals surface area contributed by atoms with Gasteiger partial charge in [0.2, 0.25) is 0 Å². The zero-order chi connectivity index (χ0) is 21.7. The molecule has 158 valence electrons. The van der Waals surface area contributed by atoms with Crippen molar-refractivity contribution < 1.29 is 23.8 Å². The van der Waals surface area contributed by atoms with Crippen molar-refractivity contribution in [1.29, 1.82) is 0 Å². The standard InChI is InChI=1S/C25H28O5/c1-5-22(26)29-24-19-12-7-6-11-18(19)23(30-25(27)28-4)20-14-13-17(15-21(20)24)10-8-9-16(2)3/h5-7,9,11-12,17H,1,8,10,13-15H2,2-4H3. The molecule has 0 spiro atoms. The third-order valence-electron chi connectivity index (χ3n) is 5.47. The summed E-state index contributed by atoms with van der Waals surface area (Å²) in [6.45, 7) is 7.73. The van der Waals surface area contributed by atoms with Crippen molar-refractivity contribution in [3.05, 3.63) is 59.7 Å². The van der Waals surface area contributed by atoms with Crippen LogP contribution in [0.3, 0.4) is 0 Å². The van der Waals surface area contributed by atoms with E-state index >= 15 is 0 Å². The summed E-state index contributed by atoms with van der Waals surface area (Å²) in [6.07, 6.45) is 7.20. The first kappa shape index (κ1) is 21.6. The Labute approximate surface area is 177 Å². The third kappa shape index (κ3) is 4.73. The van der Waals surface area contributed by atoms with Gasteiger partial charge in [0.25, 0.3) is 0 Å². The first-order valence-corrected chi connectivity index (χ1v) is 10.2. The van der Waals surface area contributed by atoms with E-state index in [-0.39, 0.29) is 0 Å². The van der Waals surface area contributed by atoms with E-state index in [2.05, 4.69) is 26.5 Å². The van der Waals surface area contributed by atoms with Crippen LogP contribution in [0.15, 0.2) is 48.6 Å². The van der Waals surface area contributed by atoms with Crippen LogP contribution < -0.4 is 9.47 Å². The van der Waals surface area contributed by atoms with Crippen LogP contribution in [0.1, 0.15) is 44.2 Å². The number of methoxy groups -OCH3 is 1. The van der Waals surface area contributed by atoms with E-state index in [4.69, 9.17) is 14.2 Å². The number of benzene rings is 2. The number of fused-ring (bicyclic) bond motifs is 2. The van der Waals surface area contributed by atoms with E-state index in [0.717, 1.165) is 60.1 Å². The molecule has 0 fully saturated rings. The van der Waals surface area contributed by atoms with Crippen LogP contribution in [0.2, 0.25) is 0 Å². The summed E-state index contributed by atoms with van der Waals surface area (Å²) < 4.78 is 16.0. The molecule has 1 aliphatic carbocycles. The van der Waals surface area contributed by atoms with Crippen LogP contribution in [0.5, 0.6) is 11.5 Å². The van der Waals surface area contributed by atoms with E-state index < -0.39 is 12.1 Å². The topological polar surface area (TPSA) is 61.8 Å². The Morgan fingerprint density at radius 1 is 1.10 bits per heavy atom. The van der Waals surface area contributed by atoms with Gasteiger partial charge in [-0.15, -0.1) is 0 Å². The highest BCUT2D eigenvalue weighted by molar-refractivity contribution is 5.99. The fourth-order valence-electron chi connectivity index (χ4n) is 4.05. The van der Waals surface area contributed by atoms with Gasteiger partial charge in [-0.2, -0.15) is 0 Å². The predicted octanol–water partition coefficient (Wildman–Crippen LogP) is 5.93. The lowest BCUT2D eigenvalue weighted by molar-refractivity contribution is -0.128. The largest absolute Gasteiger partial charge is 0.513 e. The van der Waals surface area contributed by atoms with Crippen molar-refractivity contribution in [2.75, 3.05) is 7.11 Å². The summed E-state index contributed by atoms with van der Waals surface area (Å²) in [7, 11) is 1.29. The third-order valence-corrected chi connectivity index (χ3v) is 5.47. The summed E-state index contributed by atoms with van der Waals surface area (Å²) in [5, 5.41) is 1.45. The van der Waals surface area contributed by atoms with Crippen LogP contribution in [0.25, 0.3) is 10.8 Å². The second-order valence-corrected chi connectivity index (χ2v) is 7.81. The van der Waals surface area contributed by atoms with E-state index in [9.17, 15) is 9.59 Å². The molecule has 0 aromatic heterocycles. The van der Waals surface area contributed by atoms with Crippen LogP contribution in [-0.2, 0) is 22.4 Å². The highest BCUT2D eigenvalue weighted by atomic mass is 16.7. The minimum atomic E-state index is -0.760. The molecule has 5 nitrogen and oxygen atoms in total. The van der Waals surface area contributed by atoms with Crippen molar-refractivity contribution in [3.8, 4) is 11.5 Å². The number of carbonyl (C=O) groups excluding carboxylic acids is 2. The fraction of sp³-hybridized carbons (Fsp3) is 0.360. The quantitative estimate of drug-likeness (QED) is 0.195. The lowest BCUT2D eigenvalue weighted by Crippen LogP contribution is -2.19. The molecular formula is C25H28O5. The SMILES string of the molecule is C=CC(=O)Oc1c2c(c(OC(=O)OC)c3ccccc13)CCC(CCC=C(C)C)C2. The lowest BCUT2D eigenvalue weighted by Gasteiger charge is -2.28. The van der Waals surface area contributed by atoms with Gasteiger partial charge in [0.15, 0.2) is 0 Å². The highest BCUT2D eigenvalue weighted by Gasteiger charge is 2.29. The number of hydrogen-bond donors (Lipinski definition) is 0. The van der Waals surface area contributed by atoms with Crippen molar-refractivity contribution in [2.24, 2.45) is 5.92 Å². The number of esters is 1. The Bertz CT molecular complexity index is 998. The molecule has 0 amide bonds. The molecule has 30 heavy (non-hydrogen) atoms. The molecule has 1 aliphatic rings. The van der Waals surface area contributed by atoms with Gasteiger partial charge >= 0.3 is 12.1 Å². The van der Waals surface area contributed by atoms with Gasteiger partial charge in [0.05, 0.1) is 7.11 Å². The molecule has 2 aromatic carbocycles. The maximum absolute atomic E-state index is 12.1. The number of allylic oxidation sites excluding steroid dienone is 2. The Hall–Kier alpha value is -3.08. The lowest BCUT2D eigenvalue weighted by atomic mass is 9.79. The van der Waals surface area contributed by atoms with Crippen molar-refractivity contribution >= 4 is 22.9 Å². The molecule has 0 saturated carbocycles. The molecule has 5 heteroatoms. The van der Waals surface area contributed by atoms with Crippen LogP contribution in [0, 0.1) is 5.92 Å². The molecule has 0 N–H and O–H groups in total. The molecule has 0 radical (unpaired) electrons. The zero-order valence-corrected chi connectivity index (χ0v) is 17.8. The van der Waals surface area contributed by atoms with Crippen molar-refractivity contribution in [2.45, 2.75) is 46.0 Å². The summed E-state index contributed by atoms with van der Waals surface area (Å²) in [6, 6.07) is 7.47. The minimum Gasteiger partial charge on any atom is -0.437 e. The zero-order valence-electron chi connectivity index (χ0n) is 17.8. The average molecular weight is 408 g/mol. The first-order valence-electron chi connectivity index (χ1n) is 10.2. The maximum atomic E-state index is 12.1. The van der Waals surface area contributed by atoms with Crippen LogP contribution >= 0.6 is 0 Å². The van der Waals surface area contributed by atoms with Gasteiger partial charge in [0, 0.05) is 28.0 Å². The number of carbonyl (C=O) groups is 2. The monoisotopic (exact) mass is 408 g/mol. The Balaban J connectivity index is 2.11. The van der Waals surface area contributed by atoms with E-state index in [1.54, 1.807) is 0 Å². The summed E-state index contributed by atoms with van der Waals surface area (Å²) in [4.78, 5) is 24.0. The van der Waals surface area contributed by atoms with E-state index in [0.29, 0.717) is 17.4 Å². The molecule has 1 unspecified atom stereocenters. The summed E-state index contributed by atoms with van der Waals surface area (Å²) >= 11 is 0.